The summed E-state index contributed by atoms with van der Waals surface area (Å²) in [6.07, 6.45) is 1.73. The second-order valence-corrected chi connectivity index (χ2v) is 4.71. The Morgan fingerprint density at radius 2 is 1.89 bits per heavy atom. The second kappa shape index (κ2) is 6.81. The number of amides is 1. The van der Waals surface area contributed by atoms with Crippen LogP contribution in [0.25, 0.3) is 0 Å². The van der Waals surface area contributed by atoms with Gasteiger partial charge in [-0.15, -0.1) is 0 Å². The van der Waals surface area contributed by atoms with Crippen molar-refractivity contribution >= 4 is 17.7 Å². The molecule has 0 fully saturated rings. The molecule has 92 valence electrons. The van der Waals surface area contributed by atoms with Gasteiger partial charge in [0.05, 0.1) is 10.8 Å². The molecule has 1 heterocycles. The van der Waals surface area contributed by atoms with Crippen molar-refractivity contribution in [3.8, 4) is 0 Å². The Kier molecular flexibility index (Phi) is 4.78. The Labute approximate surface area is 111 Å². The van der Waals surface area contributed by atoms with Crippen molar-refractivity contribution in [3.05, 3.63) is 60.3 Å². The van der Waals surface area contributed by atoms with E-state index in [2.05, 4.69) is 10.3 Å². The molecule has 0 saturated carbocycles. The zero-order valence-electron chi connectivity index (χ0n) is 9.87. The third kappa shape index (κ3) is 4.22. The van der Waals surface area contributed by atoms with Crippen LogP contribution in [0.5, 0.6) is 0 Å². The molecule has 0 saturated heterocycles. The summed E-state index contributed by atoms with van der Waals surface area (Å²) in [5, 5.41) is 3.75. The van der Waals surface area contributed by atoms with E-state index >= 15 is 0 Å². The minimum absolute atomic E-state index is 0.0227. The third-order valence-electron chi connectivity index (χ3n) is 2.32. The maximum atomic E-state index is 11.6. The van der Waals surface area contributed by atoms with Gasteiger partial charge in [-0.05, 0) is 17.7 Å². The first-order valence-electron chi connectivity index (χ1n) is 5.69. The average Bonchev–Trinajstić information content (AvgIpc) is 2.45. The fourth-order valence-electron chi connectivity index (χ4n) is 1.42. The molecule has 4 heteroatoms. The molecule has 0 radical (unpaired) electrons. The SMILES string of the molecule is O=C(CSc1ccccn1)NCc1ccccc1. The van der Waals surface area contributed by atoms with Crippen LogP contribution in [0.4, 0.5) is 0 Å². The molecule has 18 heavy (non-hydrogen) atoms. The van der Waals surface area contributed by atoms with E-state index in [4.69, 9.17) is 0 Å². The van der Waals surface area contributed by atoms with E-state index in [-0.39, 0.29) is 5.91 Å². The number of carbonyl (C=O) groups is 1. The highest BCUT2D eigenvalue weighted by Gasteiger charge is 2.02. The van der Waals surface area contributed by atoms with Crippen molar-refractivity contribution in [3.63, 3.8) is 0 Å². The van der Waals surface area contributed by atoms with Crippen molar-refractivity contribution in [2.75, 3.05) is 5.75 Å². The van der Waals surface area contributed by atoms with Gasteiger partial charge in [0.25, 0.3) is 0 Å². The number of rotatable bonds is 5. The molecular formula is C14H14N2OS. The van der Waals surface area contributed by atoms with Crippen LogP contribution >= 0.6 is 11.8 Å². The summed E-state index contributed by atoms with van der Waals surface area (Å²) >= 11 is 1.44. The van der Waals surface area contributed by atoms with E-state index in [1.165, 1.54) is 11.8 Å². The van der Waals surface area contributed by atoms with Crippen LogP contribution in [0, 0.1) is 0 Å². The topological polar surface area (TPSA) is 42.0 Å². The van der Waals surface area contributed by atoms with Crippen molar-refractivity contribution < 1.29 is 4.79 Å². The number of nitrogens with one attached hydrogen (secondary N) is 1. The highest BCUT2D eigenvalue weighted by molar-refractivity contribution is 7.99. The van der Waals surface area contributed by atoms with Gasteiger partial charge in [0.15, 0.2) is 0 Å². The maximum Gasteiger partial charge on any atom is 0.230 e. The van der Waals surface area contributed by atoms with Gasteiger partial charge in [0.2, 0.25) is 5.91 Å². The highest BCUT2D eigenvalue weighted by Crippen LogP contribution is 2.13. The lowest BCUT2D eigenvalue weighted by atomic mass is 10.2. The summed E-state index contributed by atoms with van der Waals surface area (Å²) < 4.78 is 0. The second-order valence-electron chi connectivity index (χ2n) is 3.72. The van der Waals surface area contributed by atoms with Gasteiger partial charge in [-0.25, -0.2) is 4.98 Å². The van der Waals surface area contributed by atoms with E-state index in [0.717, 1.165) is 10.6 Å². The Morgan fingerprint density at radius 3 is 2.61 bits per heavy atom. The predicted octanol–water partition coefficient (Wildman–Crippen LogP) is 2.49. The van der Waals surface area contributed by atoms with Crippen LogP contribution in [0.2, 0.25) is 0 Å². The summed E-state index contributed by atoms with van der Waals surface area (Å²) in [4.78, 5) is 15.8. The molecule has 1 amide bonds. The zero-order valence-corrected chi connectivity index (χ0v) is 10.7. The summed E-state index contributed by atoms with van der Waals surface area (Å²) in [7, 11) is 0. The summed E-state index contributed by atoms with van der Waals surface area (Å²) in [6.45, 7) is 0.572. The van der Waals surface area contributed by atoms with Crippen molar-refractivity contribution in [2.45, 2.75) is 11.6 Å². The molecule has 1 aromatic carbocycles. The molecule has 3 nitrogen and oxygen atoms in total. The fraction of sp³-hybridized carbons (Fsp3) is 0.143. The molecule has 0 atom stereocenters. The van der Waals surface area contributed by atoms with E-state index in [9.17, 15) is 4.79 Å². The Balaban J connectivity index is 1.73. The van der Waals surface area contributed by atoms with E-state index < -0.39 is 0 Å². The monoisotopic (exact) mass is 258 g/mol. The predicted molar refractivity (Wildman–Crippen MR) is 73.2 cm³/mol. The fourth-order valence-corrected chi connectivity index (χ4v) is 2.11. The summed E-state index contributed by atoms with van der Waals surface area (Å²) in [5.41, 5.74) is 1.11. The van der Waals surface area contributed by atoms with Crippen LogP contribution in [-0.4, -0.2) is 16.6 Å². The molecule has 1 aromatic heterocycles. The van der Waals surface area contributed by atoms with Gasteiger partial charge in [-0.2, -0.15) is 0 Å². The molecule has 0 spiro atoms. The largest absolute Gasteiger partial charge is 0.351 e. The normalized spacial score (nSPS) is 10.0. The van der Waals surface area contributed by atoms with Crippen molar-refractivity contribution in [1.82, 2.24) is 10.3 Å². The Hall–Kier alpha value is -1.81. The summed E-state index contributed by atoms with van der Waals surface area (Å²) in [6, 6.07) is 15.5. The molecule has 2 rings (SSSR count). The number of pyridine rings is 1. The van der Waals surface area contributed by atoms with Gasteiger partial charge in [-0.1, -0.05) is 48.2 Å². The number of hydrogen-bond acceptors (Lipinski definition) is 3. The van der Waals surface area contributed by atoms with Crippen LogP contribution in [0.15, 0.2) is 59.8 Å². The number of hydrogen-bond donors (Lipinski definition) is 1. The zero-order chi connectivity index (χ0) is 12.6. The van der Waals surface area contributed by atoms with Crippen LogP contribution in [0.1, 0.15) is 5.56 Å². The first-order valence-corrected chi connectivity index (χ1v) is 6.67. The van der Waals surface area contributed by atoms with Gasteiger partial charge >= 0.3 is 0 Å². The van der Waals surface area contributed by atoms with E-state index in [1.807, 2.05) is 48.5 Å². The maximum absolute atomic E-state index is 11.6. The number of carbonyl (C=O) groups excluding carboxylic acids is 1. The molecule has 0 aliphatic carbocycles. The minimum Gasteiger partial charge on any atom is -0.351 e. The molecule has 0 bridgehead atoms. The van der Waals surface area contributed by atoms with E-state index in [1.54, 1.807) is 6.20 Å². The molecular weight excluding hydrogens is 244 g/mol. The van der Waals surface area contributed by atoms with Gasteiger partial charge in [0, 0.05) is 12.7 Å². The molecule has 0 aliphatic heterocycles. The lowest BCUT2D eigenvalue weighted by Gasteiger charge is -2.04. The standard InChI is InChI=1S/C14H14N2OS/c17-13(11-18-14-8-4-5-9-15-14)16-10-12-6-2-1-3-7-12/h1-9H,10-11H2,(H,16,17). The quantitative estimate of drug-likeness (QED) is 0.838. The number of aromatic nitrogens is 1. The lowest BCUT2D eigenvalue weighted by molar-refractivity contribution is -0.118. The van der Waals surface area contributed by atoms with Gasteiger partial charge in [0.1, 0.15) is 0 Å². The van der Waals surface area contributed by atoms with Crippen molar-refractivity contribution in [2.24, 2.45) is 0 Å². The Bertz CT molecular complexity index is 442. The van der Waals surface area contributed by atoms with Crippen LogP contribution in [-0.2, 0) is 11.3 Å². The van der Waals surface area contributed by atoms with Gasteiger partial charge < -0.3 is 5.32 Å². The summed E-state index contributed by atoms with van der Waals surface area (Å²) in [5.74, 6) is 0.415. The first-order chi connectivity index (χ1) is 8.84. The van der Waals surface area contributed by atoms with E-state index in [0.29, 0.717) is 12.3 Å². The molecule has 0 aliphatic rings. The molecule has 1 N–H and O–H groups in total. The molecule has 0 unspecified atom stereocenters. The number of nitrogens with zero attached hydrogens (tertiary/aromatic N) is 1. The van der Waals surface area contributed by atoms with Gasteiger partial charge in [-0.3, -0.25) is 4.79 Å². The average molecular weight is 258 g/mol. The third-order valence-corrected chi connectivity index (χ3v) is 3.27. The van der Waals surface area contributed by atoms with Crippen LogP contribution < -0.4 is 5.32 Å². The smallest absolute Gasteiger partial charge is 0.230 e. The number of benzene rings is 1. The first kappa shape index (κ1) is 12.6. The molecule has 2 aromatic rings. The highest BCUT2D eigenvalue weighted by atomic mass is 32.2. The van der Waals surface area contributed by atoms with Crippen molar-refractivity contribution in [1.29, 1.82) is 0 Å². The lowest BCUT2D eigenvalue weighted by Crippen LogP contribution is -2.24. The minimum atomic E-state index is 0.0227. The number of thioether (sulfide) groups is 1. The van der Waals surface area contributed by atoms with Crippen LogP contribution in [0.3, 0.4) is 0 Å². The Morgan fingerprint density at radius 1 is 1.11 bits per heavy atom.